The van der Waals surface area contributed by atoms with Gasteiger partial charge in [0.25, 0.3) is 0 Å². The van der Waals surface area contributed by atoms with Gasteiger partial charge in [0.2, 0.25) is 0 Å². The average Bonchev–Trinajstić information content (AvgIpc) is 2.46. The minimum absolute atomic E-state index is 0.637. The molecule has 1 fully saturated rings. The van der Waals surface area contributed by atoms with Crippen LogP contribution < -0.4 is 5.32 Å². The molecule has 3 unspecified atom stereocenters. The van der Waals surface area contributed by atoms with Gasteiger partial charge in [0, 0.05) is 11.7 Å². The molecule has 1 nitrogen and oxygen atoms in total. The molecule has 3 rings (SSSR count). The van der Waals surface area contributed by atoms with Gasteiger partial charge in [-0.25, -0.2) is 0 Å². The van der Waals surface area contributed by atoms with Gasteiger partial charge in [-0.15, -0.1) is 0 Å². The molecule has 1 aromatic carbocycles. The number of nitrogens with one attached hydrogen (secondary N) is 1. The Balaban J connectivity index is 1.78. The van der Waals surface area contributed by atoms with Gasteiger partial charge >= 0.3 is 0 Å². The quantitative estimate of drug-likeness (QED) is 0.775. The topological polar surface area (TPSA) is 12.0 Å². The Morgan fingerprint density at radius 2 is 2.11 bits per heavy atom. The zero-order valence-electron chi connectivity index (χ0n) is 12.4. The van der Waals surface area contributed by atoms with E-state index in [0.29, 0.717) is 6.04 Å². The van der Waals surface area contributed by atoms with Crippen molar-refractivity contribution in [1.29, 1.82) is 0 Å². The minimum Gasteiger partial charge on any atom is -0.382 e. The third-order valence-corrected chi connectivity index (χ3v) is 5.21. The van der Waals surface area contributed by atoms with Gasteiger partial charge in [0.15, 0.2) is 0 Å². The van der Waals surface area contributed by atoms with E-state index in [0.717, 1.165) is 11.8 Å². The molecule has 0 aromatic heterocycles. The van der Waals surface area contributed by atoms with E-state index in [1.165, 1.54) is 50.6 Å². The second-order valence-electron chi connectivity index (χ2n) is 6.64. The number of fused-ring (bicyclic) bond motifs is 1. The van der Waals surface area contributed by atoms with Gasteiger partial charge in [0.05, 0.1) is 0 Å². The molecule has 1 aliphatic carbocycles. The molecule has 1 aromatic rings. The van der Waals surface area contributed by atoms with Crippen molar-refractivity contribution in [2.45, 2.75) is 70.8 Å². The monoisotopic (exact) mass is 257 g/mol. The molecule has 0 spiro atoms. The summed E-state index contributed by atoms with van der Waals surface area (Å²) in [6.45, 7) is 4.63. The molecule has 3 atom stereocenters. The Kier molecular flexibility index (Phi) is 3.81. The van der Waals surface area contributed by atoms with Crippen molar-refractivity contribution >= 4 is 5.69 Å². The largest absolute Gasteiger partial charge is 0.382 e. The maximum atomic E-state index is 3.61. The Hall–Kier alpha value is -0.980. The lowest BCUT2D eigenvalue weighted by Crippen LogP contribution is -2.22. The molecule has 0 saturated heterocycles. The van der Waals surface area contributed by atoms with E-state index >= 15 is 0 Å². The van der Waals surface area contributed by atoms with Crippen molar-refractivity contribution in [3.05, 3.63) is 29.3 Å². The highest BCUT2D eigenvalue weighted by molar-refractivity contribution is 5.55. The van der Waals surface area contributed by atoms with E-state index < -0.39 is 0 Å². The second-order valence-corrected chi connectivity index (χ2v) is 6.64. The maximum absolute atomic E-state index is 3.61. The maximum Gasteiger partial charge on any atom is 0.0374 e. The van der Waals surface area contributed by atoms with Gasteiger partial charge < -0.3 is 5.32 Å². The summed E-state index contributed by atoms with van der Waals surface area (Å²) in [5.74, 6) is 1.79. The lowest BCUT2D eigenvalue weighted by atomic mass is 9.76. The highest BCUT2D eigenvalue weighted by atomic mass is 14.9. The lowest BCUT2D eigenvalue weighted by Gasteiger charge is -2.30. The molecule has 0 bridgehead atoms. The Labute approximate surface area is 117 Å². The molecule has 0 amide bonds. The number of hydrogen-bond donors (Lipinski definition) is 1. The van der Waals surface area contributed by atoms with Crippen LogP contribution in [-0.2, 0) is 6.42 Å². The van der Waals surface area contributed by atoms with Crippen LogP contribution >= 0.6 is 0 Å². The smallest absolute Gasteiger partial charge is 0.0374 e. The summed E-state index contributed by atoms with van der Waals surface area (Å²) in [4.78, 5) is 0. The molecular formula is C18H27N. The first-order valence-corrected chi connectivity index (χ1v) is 8.15. The van der Waals surface area contributed by atoms with Crippen LogP contribution in [-0.4, -0.2) is 6.04 Å². The number of benzene rings is 1. The Morgan fingerprint density at radius 3 is 2.95 bits per heavy atom. The van der Waals surface area contributed by atoms with Gasteiger partial charge in [0.1, 0.15) is 0 Å². The van der Waals surface area contributed by atoms with Crippen molar-refractivity contribution in [1.82, 2.24) is 0 Å². The van der Waals surface area contributed by atoms with E-state index in [2.05, 4.69) is 37.4 Å². The predicted molar refractivity (Wildman–Crippen MR) is 82.8 cm³/mol. The van der Waals surface area contributed by atoms with Gasteiger partial charge in [-0.2, -0.15) is 0 Å². The first-order valence-electron chi connectivity index (χ1n) is 8.15. The summed E-state index contributed by atoms with van der Waals surface area (Å²) >= 11 is 0. The standard InChI is InChI=1S/C18H27N/c1-3-14-5-4-6-15(11-14)16-9-10-18-17(12-16)8-7-13(2)19-18/h9-10,12-15,19H,3-8,11H2,1-2H3. The van der Waals surface area contributed by atoms with Crippen LogP contribution in [0.4, 0.5) is 5.69 Å². The van der Waals surface area contributed by atoms with E-state index in [-0.39, 0.29) is 0 Å². The molecule has 19 heavy (non-hydrogen) atoms. The third kappa shape index (κ3) is 2.80. The van der Waals surface area contributed by atoms with E-state index in [1.54, 1.807) is 11.1 Å². The normalized spacial score (nSPS) is 30.5. The van der Waals surface area contributed by atoms with Gasteiger partial charge in [-0.1, -0.05) is 38.3 Å². The summed E-state index contributed by atoms with van der Waals surface area (Å²) in [5, 5.41) is 3.61. The SMILES string of the molecule is CCC1CCCC(c2ccc3c(c2)CCC(C)N3)C1. The van der Waals surface area contributed by atoms with Crippen LogP contribution in [0.15, 0.2) is 18.2 Å². The Bertz CT molecular complexity index is 437. The molecule has 1 heterocycles. The van der Waals surface area contributed by atoms with Crippen LogP contribution in [0.2, 0.25) is 0 Å². The highest BCUT2D eigenvalue weighted by Crippen LogP contribution is 2.39. The number of rotatable bonds is 2. The zero-order chi connectivity index (χ0) is 13.2. The molecule has 1 heteroatoms. The fourth-order valence-corrected chi connectivity index (χ4v) is 3.89. The van der Waals surface area contributed by atoms with Crippen molar-refractivity contribution in [2.75, 3.05) is 5.32 Å². The van der Waals surface area contributed by atoms with E-state index in [1.807, 2.05) is 0 Å². The number of anilines is 1. The van der Waals surface area contributed by atoms with Crippen LogP contribution in [0.5, 0.6) is 0 Å². The average molecular weight is 257 g/mol. The van der Waals surface area contributed by atoms with Crippen molar-refractivity contribution in [2.24, 2.45) is 5.92 Å². The van der Waals surface area contributed by atoms with Crippen molar-refractivity contribution in [3.8, 4) is 0 Å². The van der Waals surface area contributed by atoms with Gasteiger partial charge in [-0.05, 0) is 61.6 Å². The summed E-state index contributed by atoms with van der Waals surface area (Å²) in [7, 11) is 0. The first-order chi connectivity index (χ1) is 9.26. The second kappa shape index (κ2) is 5.56. The molecule has 1 saturated carbocycles. The number of aryl methyl sites for hydroxylation is 1. The van der Waals surface area contributed by atoms with E-state index in [9.17, 15) is 0 Å². The zero-order valence-corrected chi connectivity index (χ0v) is 12.4. The lowest BCUT2D eigenvalue weighted by molar-refractivity contribution is 0.314. The summed E-state index contributed by atoms with van der Waals surface area (Å²) < 4.78 is 0. The van der Waals surface area contributed by atoms with Crippen molar-refractivity contribution in [3.63, 3.8) is 0 Å². The molecule has 1 N–H and O–H groups in total. The van der Waals surface area contributed by atoms with Crippen LogP contribution in [0.25, 0.3) is 0 Å². The summed E-state index contributed by atoms with van der Waals surface area (Å²) in [5.41, 5.74) is 4.54. The third-order valence-electron chi connectivity index (χ3n) is 5.21. The fourth-order valence-electron chi connectivity index (χ4n) is 3.89. The highest BCUT2D eigenvalue weighted by Gasteiger charge is 2.23. The van der Waals surface area contributed by atoms with Gasteiger partial charge in [-0.3, -0.25) is 0 Å². The number of hydrogen-bond acceptors (Lipinski definition) is 1. The molecule has 104 valence electrons. The van der Waals surface area contributed by atoms with Crippen LogP contribution in [0, 0.1) is 5.92 Å². The molecular weight excluding hydrogens is 230 g/mol. The van der Waals surface area contributed by atoms with Crippen LogP contribution in [0.1, 0.15) is 69.4 Å². The summed E-state index contributed by atoms with van der Waals surface area (Å²) in [6, 6.07) is 7.84. The first kappa shape index (κ1) is 13.0. The van der Waals surface area contributed by atoms with Crippen LogP contribution in [0.3, 0.4) is 0 Å². The van der Waals surface area contributed by atoms with Crippen molar-refractivity contribution < 1.29 is 0 Å². The molecule has 0 radical (unpaired) electrons. The van der Waals surface area contributed by atoms with E-state index in [4.69, 9.17) is 0 Å². The Morgan fingerprint density at radius 1 is 1.21 bits per heavy atom. The molecule has 2 aliphatic rings. The minimum atomic E-state index is 0.637. The predicted octanol–water partition coefficient (Wildman–Crippen LogP) is 5.12. The fraction of sp³-hybridized carbons (Fsp3) is 0.667. The summed E-state index contributed by atoms with van der Waals surface area (Å²) in [6.07, 6.45) is 9.59. The molecule has 1 aliphatic heterocycles.